The number of carbonyl (C=O) groups is 3. The lowest BCUT2D eigenvalue weighted by atomic mass is 10.0. The summed E-state index contributed by atoms with van der Waals surface area (Å²) in [5, 5.41) is 14.1. The number of ether oxygens (including phenoxy) is 1. The molecule has 3 amide bonds. The van der Waals surface area contributed by atoms with Crippen LogP contribution in [0.15, 0.2) is 0 Å². The smallest absolute Gasteiger partial charge is 0.326 e. The fraction of sp³-hybridized carbons (Fsp3) is 0.769. The molecule has 21 heavy (non-hydrogen) atoms. The van der Waals surface area contributed by atoms with Gasteiger partial charge in [0.25, 0.3) is 0 Å². The number of aliphatic carboxylic acids is 1. The summed E-state index contributed by atoms with van der Waals surface area (Å²) in [7, 11) is 1.48. The van der Waals surface area contributed by atoms with Crippen LogP contribution in [0.1, 0.15) is 20.3 Å². The van der Waals surface area contributed by atoms with Gasteiger partial charge in [0.05, 0.1) is 13.2 Å². The van der Waals surface area contributed by atoms with Crippen molar-refractivity contribution in [1.82, 2.24) is 15.5 Å². The standard InChI is InChI=1S/C13H23N3O5/c1-8(2)6-9(12(18)19)15-13(20)16-4-5-21-7-10(16)11(17)14-3/h8-10H,4-7H2,1-3H3,(H,14,17)(H,15,20)(H,18,19)/t9-,10?/m0/s1. The maximum Gasteiger partial charge on any atom is 0.326 e. The lowest BCUT2D eigenvalue weighted by Crippen LogP contribution is -2.59. The van der Waals surface area contributed by atoms with Crippen molar-refractivity contribution >= 4 is 17.9 Å². The summed E-state index contributed by atoms with van der Waals surface area (Å²) in [6.07, 6.45) is 0.329. The zero-order chi connectivity index (χ0) is 16.0. The third-order valence-corrected chi connectivity index (χ3v) is 3.24. The SMILES string of the molecule is CNC(=O)C1COCCN1C(=O)N[C@@H](CC(C)C)C(=O)O. The maximum atomic E-state index is 12.2. The van der Waals surface area contributed by atoms with E-state index in [4.69, 9.17) is 9.84 Å². The zero-order valence-electron chi connectivity index (χ0n) is 12.6. The minimum atomic E-state index is -1.08. The molecular weight excluding hydrogens is 278 g/mol. The number of carboxylic acids is 1. The van der Waals surface area contributed by atoms with Crippen molar-refractivity contribution in [2.45, 2.75) is 32.4 Å². The first-order valence-corrected chi connectivity index (χ1v) is 6.96. The van der Waals surface area contributed by atoms with Crippen LogP contribution in [0.3, 0.4) is 0 Å². The lowest BCUT2D eigenvalue weighted by Gasteiger charge is -2.35. The highest BCUT2D eigenvalue weighted by Gasteiger charge is 2.34. The molecule has 1 unspecified atom stereocenters. The van der Waals surface area contributed by atoms with Gasteiger partial charge in [0, 0.05) is 13.6 Å². The van der Waals surface area contributed by atoms with E-state index in [0.717, 1.165) is 0 Å². The number of carbonyl (C=O) groups excluding carboxylic acids is 2. The molecule has 2 atom stereocenters. The fourth-order valence-corrected chi connectivity index (χ4v) is 2.16. The highest BCUT2D eigenvalue weighted by molar-refractivity contribution is 5.89. The van der Waals surface area contributed by atoms with Crippen molar-refractivity contribution in [3.05, 3.63) is 0 Å². The summed E-state index contributed by atoms with van der Waals surface area (Å²) < 4.78 is 5.20. The minimum Gasteiger partial charge on any atom is -0.480 e. The molecule has 1 aliphatic rings. The number of urea groups is 1. The van der Waals surface area contributed by atoms with E-state index in [1.54, 1.807) is 0 Å². The van der Waals surface area contributed by atoms with Gasteiger partial charge in [0.1, 0.15) is 12.1 Å². The molecule has 0 aliphatic carbocycles. The van der Waals surface area contributed by atoms with E-state index in [9.17, 15) is 14.4 Å². The summed E-state index contributed by atoms with van der Waals surface area (Å²) >= 11 is 0. The van der Waals surface area contributed by atoms with E-state index in [-0.39, 0.29) is 25.0 Å². The van der Waals surface area contributed by atoms with Gasteiger partial charge in [0.2, 0.25) is 5.91 Å². The Hall–Kier alpha value is -1.83. The predicted molar refractivity (Wildman–Crippen MR) is 74.8 cm³/mol. The van der Waals surface area contributed by atoms with Crippen molar-refractivity contribution in [2.75, 3.05) is 26.8 Å². The summed E-state index contributed by atoms with van der Waals surface area (Å²) in [5.41, 5.74) is 0. The van der Waals surface area contributed by atoms with E-state index >= 15 is 0 Å². The van der Waals surface area contributed by atoms with Gasteiger partial charge in [-0.2, -0.15) is 0 Å². The van der Waals surface area contributed by atoms with E-state index in [2.05, 4.69) is 10.6 Å². The second-order valence-corrected chi connectivity index (χ2v) is 5.37. The largest absolute Gasteiger partial charge is 0.480 e. The Balaban J connectivity index is 2.74. The lowest BCUT2D eigenvalue weighted by molar-refractivity contribution is -0.139. The summed E-state index contributed by atoms with van der Waals surface area (Å²) in [6.45, 7) is 4.43. The van der Waals surface area contributed by atoms with Crippen LogP contribution < -0.4 is 10.6 Å². The van der Waals surface area contributed by atoms with Crippen LogP contribution in [-0.4, -0.2) is 66.8 Å². The van der Waals surface area contributed by atoms with Crippen LogP contribution in [0.2, 0.25) is 0 Å². The first-order chi connectivity index (χ1) is 9.86. The first-order valence-electron chi connectivity index (χ1n) is 6.96. The summed E-state index contributed by atoms with van der Waals surface area (Å²) in [5.74, 6) is -1.28. The number of carboxylic acid groups (broad SMARTS) is 1. The molecule has 1 rings (SSSR count). The number of hydrogen-bond acceptors (Lipinski definition) is 4. The molecule has 0 aromatic heterocycles. The molecule has 3 N–H and O–H groups in total. The Morgan fingerprint density at radius 1 is 1.38 bits per heavy atom. The Morgan fingerprint density at radius 2 is 2.05 bits per heavy atom. The van der Waals surface area contributed by atoms with Gasteiger partial charge >= 0.3 is 12.0 Å². The normalized spacial score (nSPS) is 20.0. The predicted octanol–water partition coefficient (Wildman–Crippen LogP) is -0.358. The first kappa shape index (κ1) is 17.2. The molecule has 1 fully saturated rings. The second kappa shape index (κ2) is 7.82. The van der Waals surface area contributed by atoms with Crippen LogP contribution in [0.4, 0.5) is 4.79 Å². The quantitative estimate of drug-likeness (QED) is 0.643. The number of hydrogen-bond donors (Lipinski definition) is 3. The molecule has 0 aromatic rings. The van der Waals surface area contributed by atoms with E-state index in [0.29, 0.717) is 13.0 Å². The molecule has 0 spiro atoms. The van der Waals surface area contributed by atoms with Gasteiger partial charge in [0.15, 0.2) is 0 Å². The van der Waals surface area contributed by atoms with Gasteiger partial charge in [-0.05, 0) is 12.3 Å². The van der Waals surface area contributed by atoms with Crippen LogP contribution >= 0.6 is 0 Å². The van der Waals surface area contributed by atoms with Gasteiger partial charge < -0.3 is 25.4 Å². The molecule has 8 heteroatoms. The number of rotatable bonds is 5. The Kier molecular flexibility index (Phi) is 6.41. The molecule has 0 saturated carbocycles. The van der Waals surface area contributed by atoms with Gasteiger partial charge in [-0.25, -0.2) is 9.59 Å². The third kappa shape index (κ3) is 4.89. The number of amides is 3. The maximum absolute atomic E-state index is 12.2. The van der Waals surface area contributed by atoms with Crippen molar-refractivity contribution in [3.63, 3.8) is 0 Å². The average Bonchev–Trinajstić information content (AvgIpc) is 2.45. The molecule has 0 aromatic carbocycles. The Labute approximate surface area is 123 Å². The van der Waals surface area contributed by atoms with Crippen LogP contribution in [-0.2, 0) is 14.3 Å². The van der Waals surface area contributed by atoms with Crippen LogP contribution in [0.5, 0.6) is 0 Å². The van der Waals surface area contributed by atoms with Gasteiger partial charge in [-0.15, -0.1) is 0 Å². The van der Waals surface area contributed by atoms with E-state index < -0.39 is 24.1 Å². The number of nitrogens with one attached hydrogen (secondary N) is 2. The second-order valence-electron chi connectivity index (χ2n) is 5.37. The molecule has 1 aliphatic heterocycles. The summed E-state index contributed by atoms with van der Waals surface area (Å²) in [6, 6.07) is -2.26. The average molecular weight is 301 g/mol. The topological polar surface area (TPSA) is 108 Å². The number of likely N-dealkylation sites (N-methyl/N-ethyl adjacent to an activating group) is 1. The molecular formula is C13H23N3O5. The number of morpholine rings is 1. The monoisotopic (exact) mass is 301 g/mol. The van der Waals surface area contributed by atoms with Crippen molar-refractivity contribution in [1.29, 1.82) is 0 Å². The van der Waals surface area contributed by atoms with Crippen molar-refractivity contribution in [3.8, 4) is 0 Å². The molecule has 8 nitrogen and oxygen atoms in total. The van der Waals surface area contributed by atoms with Crippen molar-refractivity contribution in [2.24, 2.45) is 5.92 Å². The van der Waals surface area contributed by atoms with Crippen molar-refractivity contribution < 1.29 is 24.2 Å². The van der Waals surface area contributed by atoms with E-state index in [1.807, 2.05) is 13.8 Å². The minimum absolute atomic E-state index is 0.106. The molecule has 0 radical (unpaired) electrons. The highest BCUT2D eigenvalue weighted by Crippen LogP contribution is 2.10. The molecule has 120 valence electrons. The molecule has 0 bridgehead atoms. The Bertz CT molecular complexity index is 399. The third-order valence-electron chi connectivity index (χ3n) is 3.24. The van der Waals surface area contributed by atoms with Gasteiger partial charge in [-0.1, -0.05) is 13.8 Å². The zero-order valence-corrected chi connectivity index (χ0v) is 12.6. The van der Waals surface area contributed by atoms with Crippen LogP contribution in [0.25, 0.3) is 0 Å². The Morgan fingerprint density at radius 3 is 2.57 bits per heavy atom. The van der Waals surface area contributed by atoms with Crippen LogP contribution in [0, 0.1) is 5.92 Å². The van der Waals surface area contributed by atoms with Gasteiger partial charge in [-0.3, -0.25) is 4.79 Å². The molecule has 1 saturated heterocycles. The fourth-order valence-electron chi connectivity index (χ4n) is 2.16. The number of nitrogens with zero attached hydrogens (tertiary/aromatic N) is 1. The summed E-state index contributed by atoms with van der Waals surface area (Å²) in [4.78, 5) is 36.5. The molecule has 1 heterocycles. The van der Waals surface area contributed by atoms with E-state index in [1.165, 1.54) is 11.9 Å². The highest BCUT2D eigenvalue weighted by atomic mass is 16.5.